The number of methoxy groups -OCH3 is 1. The zero-order valence-corrected chi connectivity index (χ0v) is 17.5. The van der Waals surface area contributed by atoms with Crippen LogP contribution in [0, 0.1) is 0 Å². The quantitative estimate of drug-likeness (QED) is 0.707. The molecule has 1 amide bonds. The van der Waals surface area contributed by atoms with E-state index in [9.17, 15) is 13.2 Å². The van der Waals surface area contributed by atoms with Gasteiger partial charge in [-0.3, -0.25) is 4.79 Å². The first-order valence-electron chi connectivity index (χ1n) is 8.48. The average molecular weight is 429 g/mol. The lowest BCUT2D eigenvalue weighted by Gasteiger charge is -2.27. The molecule has 0 N–H and O–H groups in total. The largest absolute Gasteiger partial charge is 0.497 e. The minimum atomic E-state index is -3.73. The first-order valence-corrected chi connectivity index (χ1v) is 11.1. The molecule has 1 aromatic carbocycles. The lowest BCUT2D eigenvalue weighted by atomic mass is 10.0. The van der Waals surface area contributed by atoms with E-state index in [4.69, 9.17) is 16.3 Å². The monoisotopic (exact) mass is 428 g/mol. The van der Waals surface area contributed by atoms with Gasteiger partial charge < -0.3 is 9.64 Å². The SMILES string of the molecule is COc1ccc(C2CCCN2C(=O)CN(C)S(=O)(=O)c2ccc(Cl)s2)cc1. The molecule has 9 heteroatoms. The van der Waals surface area contributed by atoms with Crippen LogP contribution in [0.4, 0.5) is 0 Å². The summed E-state index contributed by atoms with van der Waals surface area (Å²) < 4.78 is 32.0. The fourth-order valence-corrected chi connectivity index (χ4v) is 6.01. The molecule has 1 aliphatic rings. The molecule has 0 bridgehead atoms. The van der Waals surface area contributed by atoms with Gasteiger partial charge in [-0.15, -0.1) is 11.3 Å². The van der Waals surface area contributed by atoms with Gasteiger partial charge in [0, 0.05) is 13.6 Å². The molecule has 1 atom stereocenters. The smallest absolute Gasteiger partial charge is 0.252 e. The summed E-state index contributed by atoms with van der Waals surface area (Å²) in [6.07, 6.45) is 1.74. The van der Waals surface area contributed by atoms with Crippen LogP contribution in [0.15, 0.2) is 40.6 Å². The van der Waals surface area contributed by atoms with E-state index in [1.807, 2.05) is 24.3 Å². The zero-order chi connectivity index (χ0) is 19.6. The fraction of sp³-hybridized carbons (Fsp3) is 0.389. The molecule has 2 heterocycles. The minimum Gasteiger partial charge on any atom is -0.497 e. The predicted molar refractivity (Wildman–Crippen MR) is 106 cm³/mol. The van der Waals surface area contributed by atoms with Crippen LogP contribution in [-0.2, 0) is 14.8 Å². The number of carbonyl (C=O) groups is 1. The summed E-state index contributed by atoms with van der Waals surface area (Å²) >= 11 is 6.82. The Bertz CT molecular complexity index is 912. The van der Waals surface area contributed by atoms with Crippen LogP contribution in [0.2, 0.25) is 4.34 Å². The van der Waals surface area contributed by atoms with Crippen LogP contribution in [0.3, 0.4) is 0 Å². The molecule has 1 fully saturated rings. The molecule has 1 aliphatic heterocycles. The number of amides is 1. The van der Waals surface area contributed by atoms with Crippen LogP contribution in [0.25, 0.3) is 0 Å². The Labute approximate surface area is 168 Å². The normalized spacial score (nSPS) is 17.5. The van der Waals surface area contributed by atoms with Gasteiger partial charge in [0.25, 0.3) is 10.0 Å². The summed E-state index contributed by atoms with van der Waals surface area (Å²) in [4.78, 5) is 14.6. The van der Waals surface area contributed by atoms with Crippen molar-refractivity contribution in [3.63, 3.8) is 0 Å². The van der Waals surface area contributed by atoms with Gasteiger partial charge in [-0.25, -0.2) is 8.42 Å². The molecule has 27 heavy (non-hydrogen) atoms. The number of sulfonamides is 1. The molecule has 6 nitrogen and oxygen atoms in total. The molecule has 0 spiro atoms. The minimum absolute atomic E-state index is 0.0457. The molecule has 0 saturated carbocycles. The Kier molecular flexibility index (Phi) is 6.10. The Balaban J connectivity index is 1.72. The summed E-state index contributed by atoms with van der Waals surface area (Å²) in [7, 11) is -0.706. The van der Waals surface area contributed by atoms with Crippen LogP contribution in [0.5, 0.6) is 5.75 Å². The number of benzene rings is 1. The molecular formula is C18H21ClN2O4S2. The Morgan fingerprint density at radius 2 is 2.00 bits per heavy atom. The fourth-order valence-electron chi connectivity index (χ4n) is 3.19. The molecule has 3 rings (SSSR count). The lowest BCUT2D eigenvalue weighted by Crippen LogP contribution is -2.40. The maximum Gasteiger partial charge on any atom is 0.252 e. The van der Waals surface area contributed by atoms with Crippen molar-refractivity contribution < 1.29 is 17.9 Å². The summed E-state index contributed by atoms with van der Waals surface area (Å²) in [6.45, 7) is 0.415. The Morgan fingerprint density at radius 1 is 1.30 bits per heavy atom. The summed E-state index contributed by atoms with van der Waals surface area (Å²) in [5, 5.41) is 0. The molecule has 1 aromatic heterocycles. The van der Waals surface area contributed by atoms with Crippen LogP contribution < -0.4 is 4.74 Å². The van der Waals surface area contributed by atoms with Gasteiger partial charge in [-0.1, -0.05) is 23.7 Å². The van der Waals surface area contributed by atoms with E-state index in [0.717, 1.165) is 39.8 Å². The van der Waals surface area contributed by atoms with Gasteiger partial charge in [0.05, 0.1) is 24.0 Å². The second-order valence-corrected chi connectivity index (χ2v) is 10.3. The maximum absolute atomic E-state index is 12.8. The van der Waals surface area contributed by atoms with Gasteiger partial charge in [0.2, 0.25) is 5.91 Å². The van der Waals surface area contributed by atoms with Crippen LogP contribution in [0.1, 0.15) is 24.4 Å². The van der Waals surface area contributed by atoms with E-state index < -0.39 is 10.0 Å². The number of nitrogens with zero attached hydrogens (tertiary/aromatic N) is 2. The summed E-state index contributed by atoms with van der Waals surface area (Å²) in [5.74, 6) is 0.553. The third-order valence-electron chi connectivity index (χ3n) is 4.64. The second-order valence-electron chi connectivity index (χ2n) is 6.34. The van der Waals surface area contributed by atoms with E-state index in [2.05, 4.69) is 0 Å². The van der Waals surface area contributed by atoms with Crippen molar-refractivity contribution in [1.29, 1.82) is 0 Å². The van der Waals surface area contributed by atoms with Gasteiger partial charge in [0.15, 0.2) is 0 Å². The standard InChI is InChI=1S/C18H21ClN2O4S2/c1-20(27(23,24)18-10-9-16(19)26-18)12-17(22)21-11-3-4-15(21)13-5-7-14(25-2)8-6-13/h5-10,15H,3-4,11-12H2,1-2H3. The van der Waals surface area contributed by atoms with Crippen molar-refractivity contribution in [3.8, 4) is 5.75 Å². The number of rotatable bonds is 6. The molecule has 1 saturated heterocycles. The zero-order valence-electron chi connectivity index (χ0n) is 15.1. The molecular weight excluding hydrogens is 408 g/mol. The topological polar surface area (TPSA) is 66.9 Å². The number of hydrogen-bond donors (Lipinski definition) is 0. The summed E-state index contributed by atoms with van der Waals surface area (Å²) in [5.41, 5.74) is 1.03. The number of likely N-dealkylation sites (N-methyl/N-ethyl adjacent to an activating group) is 1. The maximum atomic E-state index is 12.8. The van der Waals surface area contributed by atoms with Crippen molar-refractivity contribution in [2.24, 2.45) is 0 Å². The lowest BCUT2D eigenvalue weighted by molar-refractivity contribution is -0.132. The average Bonchev–Trinajstić information content (AvgIpc) is 3.31. The number of halogens is 1. The first kappa shape index (κ1) is 20.1. The highest BCUT2D eigenvalue weighted by Crippen LogP contribution is 2.33. The van der Waals surface area contributed by atoms with Crippen molar-refractivity contribution in [2.45, 2.75) is 23.1 Å². The van der Waals surface area contributed by atoms with E-state index in [-0.39, 0.29) is 22.7 Å². The Hall–Kier alpha value is -1.61. The molecule has 2 aromatic rings. The highest BCUT2D eigenvalue weighted by Gasteiger charge is 2.33. The van der Waals surface area contributed by atoms with Gasteiger partial charge in [0.1, 0.15) is 9.96 Å². The number of likely N-dealkylation sites (tertiary alicyclic amines) is 1. The Morgan fingerprint density at radius 3 is 2.59 bits per heavy atom. The number of hydrogen-bond acceptors (Lipinski definition) is 5. The van der Waals surface area contributed by atoms with Gasteiger partial charge in [-0.05, 0) is 42.7 Å². The molecule has 0 radical (unpaired) electrons. The highest BCUT2D eigenvalue weighted by atomic mass is 35.5. The molecule has 0 aliphatic carbocycles. The predicted octanol–water partition coefficient (Wildman–Crippen LogP) is 3.39. The van der Waals surface area contributed by atoms with Crippen LogP contribution in [-0.4, -0.2) is 50.8 Å². The third kappa shape index (κ3) is 4.29. The number of carbonyl (C=O) groups excluding carboxylic acids is 1. The van der Waals surface area contributed by atoms with E-state index >= 15 is 0 Å². The van der Waals surface area contributed by atoms with Crippen molar-refractivity contribution in [1.82, 2.24) is 9.21 Å². The van der Waals surface area contributed by atoms with Crippen molar-refractivity contribution in [3.05, 3.63) is 46.3 Å². The summed E-state index contributed by atoms with van der Waals surface area (Å²) in [6, 6.07) is 10.6. The van der Waals surface area contributed by atoms with E-state index in [1.165, 1.54) is 19.2 Å². The number of ether oxygens (including phenoxy) is 1. The van der Waals surface area contributed by atoms with Crippen LogP contribution >= 0.6 is 22.9 Å². The van der Waals surface area contributed by atoms with E-state index in [0.29, 0.717) is 10.9 Å². The first-order chi connectivity index (χ1) is 12.8. The van der Waals surface area contributed by atoms with Gasteiger partial charge >= 0.3 is 0 Å². The van der Waals surface area contributed by atoms with Crippen molar-refractivity contribution in [2.75, 3.05) is 27.2 Å². The van der Waals surface area contributed by atoms with E-state index in [1.54, 1.807) is 12.0 Å². The second kappa shape index (κ2) is 8.18. The van der Waals surface area contributed by atoms with Gasteiger partial charge in [-0.2, -0.15) is 4.31 Å². The number of thiophene rings is 1. The third-order valence-corrected chi connectivity index (χ3v) is 8.15. The molecule has 146 valence electrons. The highest BCUT2D eigenvalue weighted by molar-refractivity contribution is 7.91. The molecule has 1 unspecified atom stereocenters. The van der Waals surface area contributed by atoms with Crippen molar-refractivity contribution >= 4 is 38.9 Å².